The molecule has 2 aromatic carbocycles. The number of sulfonamides is 1. The number of benzene rings is 2. The number of carbonyl (C=O) groups is 1. The van der Waals surface area contributed by atoms with Crippen LogP contribution in [0.4, 0.5) is 11.6 Å². The van der Waals surface area contributed by atoms with Gasteiger partial charge >= 0.3 is 0 Å². The number of hydrogen-bond donors (Lipinski definition) is 2. The van der Waals surface area contributed by atoms with E-state index in [4.69, 9.17) is 9.47 Å². The third kappa shape index (κ3) is 6.43. The maximum Gasteiger partial charge on any atom is 0.264 e. The smallest absolute Gasteiger partial charge is 0.264 e. The Balaban J connectivity index is 1.38. The monoisotopic (exact) mass is 591 g/mol. The van der Waals surface area contributed by atoms with Gasteiger partial charge in [-0.25, -0.2) is 18.1 Å². The number of aromatic nitrogens is 2. The zero-order chi connectivity index (χ0) is 29.3. The van der Waals surface area contributed by atoms with Crippen molar-refractivity contribution in [3.05, 3.63) is 59.7 Å². The Bertz CT molecular complexity index is 1550. The SMILES string of the molecule is Cc1cccc(C)c1-c1cc2nc(n1)NS(=O)(=O)c1cccc(c1)NC(=O)[C@@H]1C[C@@H](CN(CCC3CCOCC3)C1)O2. The standard InChI is InChI=1S/C31H37N5O5S/c1-20-5-3-6-21(2)29(20)27-17-28-34-31(33-27)35-42(38,39)26-8-4-7-24(16-26)32-30(37)23-15-25(41-28)19-36(18-23)12-9-22-10-13-40-14-11-22/h3-8,16-17,22-23,25H,9-15,18-19H2,1-2H3,(H,32,37)(H,33,34,35)/t23-,25+/m1/s1. The summed E-state index contributed by atoms with van der Waals surface area (Å²) in [6.07, 6.45) is 3.37. The molecule has 2 atom stereocenters. The molecule has 2 saturated heterocycles. The van der Waals surface area contributed by atoms with Crippen LogP contribution in [0.15, 0.2) is 53.4 Å². The molecule has 3 aliphatic rings. The number of fused-ring (bicyclic) bond motifs is 6. The highest BCUT2D eigenvalue weighted by atomic mass is 32.2. The molecule has 3 aliphatic heterocycles. The predicted octanol–water partition coefficient (Wildman–Crippen LogP) is 4.40. The first-order valence-corrected chi connectivity index (χ1v) is 16.1. The number of rotatable bonds is 4. The Labute approximate surface area is 246 Å². The molecule has 42 heavy (non-hydrogen) atoms. The van der Waals surface area contributed by atoms with Crippen molar-refractivity contribution in [2.24, 2.45) is 11.8 Å². The number of likely N-dealkylation sites (tertiary alicyclic amines) is 1. The highest BCUT2D eigenvalue weighted by Crippen LogP contribution is 2.32. The molecular formula is C31H37N5O5S. The fraction of sp³-hybridized carbons (Fsp3) is 0.452. The quantitative estimate of drug-likeness (QED) is 0.458. The van der Waals surface area contributed by atoms with Gasteiger partial charge in [0.25, 0.3) is 10.0 Å². The van der Waals surface area contributed by atoms with Crippen molar-refractivity contribution in [1.82, 2.24) is 14.9 Å². The highest BCUT2D eigenvalue weighted by molar-refractivity contribution is 7.92. The van der Waals surface area contributed by atoms with E-state index < -0.39 is 10.0 Å². The third-order valence-corrected chi connectivity index (χ3v) is 9.74. The van der Waals surface area contributed by atoms with Crippen molar-refractivity contribution < 1.29 is 22.7 Å². The Morgan fingerprint density at radius 3 is 2.55 bits per heavy atom. The van der Waals surface area contributed by atoms with E-state index in [0.29, 0.717) is 36.8 Å². The van der Waals surface area contributed by atoms with Gasteiger partial charge in [-0.05, 0) is 81.3 Å². The second-order valence-corrected chi connectivity index (χ2v) is 13.3. The average molecular weight is 592 g/mol. The summed E-state index contributed by atoms with van der Waals surface area (Å²) in [6, 6.07) is 14.0. The van der Waals surface area contributed by atoms with Gasteiger partial charge in [0.15, 0.2) is 0 Å². The van der Waals surface area contributed by atoms with Gasteiger partial charge in [-0.15, -0.1) is 0 Å². The summed E-state index contributed by atoms with van der Waals surface area (Å²) < 4.78 is 41.3. The van der Waals surface area contributed by atoms with E-state index in [9.17, 15) is 13.2 Å². The zero-order valence-corrected chi connectivity index (χ0v) is 24.8. The summed E-state index contributed by atoms with van der Waals surface area (Å²) in [5, 5.41) is 2.94. The topological polar surface area (TPSA) is 123 Å². The molecule has 10 nitrogen and oxygen atoms in total. The van der Waals surface area contributed by atoms with E-state index in [2.05, 4.69) is 24.9 Å². The summed E-state index contributed by atoms with van der Waals surface area (Å²) >= 11 is 0. The molecule has 2 fully saturated rings. The number of carbonyl (C=O) groups excluding carboxylic acids is 1. The third-order valence-electron chi connectivity index (χ3n) is 8.42. The highest BCUT2D eigenvalue weighted by Gasteiger charge is 2.34. The molecule has 11 heteroatoms. The van der Waals surface area contributed by atoms with E-state index in [1.807, 2.05) is 32.0 Å². The molecular weight excluding hydrogens is 554 g/mol. The maximum atomic E-state index is 13.5. The number of hydrogen-bond acceptors (Lipinski definition) is 8. The largest absolute Gasteiger partial charge is 0.473 e. The molecule has 6 rings (SSSR count). The predicted molar refractivity (Wildman–Crippen MR) is 160 cm³/mol. The van der Waals surface area contributed by atoms with E-state index in [0.717, 1.165) is 55.7 Å². The molecule has 6 bridgehead atoms. The van der Waals surface area contributed by atoms with E-state index in [1.54, 1.807) is 18.2 Å². The lowest BCUT2D eigenvalue weighted by molar-refractivity contribution is -0.123. The molecule has 4 heterocycles. The average Bonchev–Trinajstić information content (AvgIpc) is 2.96. The van der Waals surface area contributed by atoms with Crippen LogP contribution >= 0.6 is 0 Å². The lowest BCUT2D eigenvalue weighted by Gasteiger charge is -2.37. The van der Waals surface area contributed by atoms with Crippen LogP contribution in [0, 0.1) is 25.7 Å². The number of anilines is 2. The van der Waals surface area contributed by atoms with Crippen molar-refractivity contribution in [3.63, 3.8) is 0 Å². The Morgan fingerprint density at radius 1 is 1.00 bits per heavy atom. The minimum Gasteiger partial charge on any atom is -0.473 e. The Hall–Kier alpha value is -3.54. The van der Waals surface area contributed by atoms with Gasteiger partial charge in [-0.1, -0.05) is 24.3 Å². The van der Waals surface area contributed by atoms with Gasteiger partial charge in [0.1, 0.15) is 6.10 Å². The fourth-order valence-electron chi connectivity index (χ4n) is 6.21. The number of piperidine rings is 1. The molecule has 0 radical (unpaired) electrons. The number of amides is 1. The van der Waals surface area contributed by atoms with Crippen LogP contribution in [0.2, 0.25) is 0 Å². The van der Waals surface area contributed by atoms with Gasteiger partial charge in [-0.3, -0.25) is 9.69 Å². The normalized spacial score (nSPS) is 22.8. The van der Waals surface area contributed by atoms with Crippen LogP contribution in [0.5, 0.6) is 5.88 Å². The van der Waals surface area contributed by atoms with Crippen LogP contribution in [0.3, 0.4) is 0 Å². The first-order chi connectivity index (χ1) is 20.2. The molecule has 1 amide bonds. The van der Waals surface area contributed by atoms with Gasteiger partial charge in [0, 0.05) is 43.6 Å². The zero-order valence-electron chi connectivity index (χ0n) is 24.0. The minimum atomic E-state index is -4.05. The molecule has 3 aromatic rings. The summed E-state index contributed by atoms with van der Waals surface area (Å²) in [5.74, 6) is 0.324. The molecule has 0 spiro atoms. The number of nitrogens with one attached hydrogen (secondary N) is 2. The van der Waals surface area contributed by atoms with Crippen LogP contribution < -0.4 is 14.8 Å². The number of ether oxygens (including phenoxy) is 2. The molecule has 0 aliphatic carbocycles. The van der Waals surface area contributed by atoms with E-state index in [-0.39, 0.29) is 34.7 Å². The van der Waals surface area contributed by atoms with Gasteiger partial charge in [0.05, 0.1) is 16.5 Å². The van der Waals surface area contributed by atoms with Crippen molar-refractivity contribution in [3.8, 4) is 17.1 Å². The number of nitrogens with zero attached hydrogens (tertiary/aromatic N) is 3. The molecule has 0 saturated carbocycles. The summed E-state index contributed by atoms with van der Waals surface area (Å²) in [4.78, 5) is 24.9. The first kappa shape index (κ1) is 28.6. The van der Waals surface area contributed by atoms with Crippen LogP contribution in [0.25, 0.3) is 11.3 Å². The molecule has 222 valence electrons. The molecule has 1 aromatic heterocycles. The fourth-order valence-corrected chi connectivity index (χ4v) is 7.20. The second-order valence-electron chi connectivity index (χ2n) is 11.6. The van der Waals surface area contributed by atoms with Crippen LogP contribution in [-0.4, -0.2) is 68.1 Å². The Kier molecular flexibility index (Phi) is 8.15. The van der Waals surface area contributed by atoms with Crippen LogP contribution in [0.1, 0.15) is 36.8 Å². The van der Waals surface area contributed by atoms with Crippen molar-refractivity contribution >= 4 is 27.6 Å². The lowest BCUT2D eigenvalue weighted by atomic mass is 9.92. The van der Waals surface area contributed by atoms with Crippen molar-refractivity contribution in [1.29, 1.82) is 0 Å². The first-order valence-electron chi connectivity index (χ1n) is 14.6. The Morgan fingerprint density at radius 2 is 1.76 bits per heavy atom. The maximum absolute atomic E-state index is 13.5. The summed E-state index contributed by atoms with van der Waals surface area (Å²) in [6.45, 7) is 7.72. The summed E-state index contributed by atoms with van der Waals surface area (Å²) in [5.41, 5.74) is 3.89. The van der Waals surface area contributed by atoms with Crippen molar-refractivity contribution in [2.45, 2.75) is 50.5 Å². The van der Waals surface area contributed by atoms with E-state index in [1.165, 1.54) is 12.1 Å². The van der Waals surface area contributed by atoms with Gasteiger partial charge in [0.2, 0.25) is 17.7 Å². The summed E-state index contributed by atoms with van der Waals surface area (Å²) in [7, 11) is -4.05. The van der Waals surface area contributed by atoms with Gasteiger partial charge in [-0.2, -0.15) is 4.98 Å². The van der Waals surface area contributed by atoms with Crippen LogP contribution in [-0.2, 0) is 19.6 Å². The molecule has 0 unspecified atom stereocenters. The molecule has 2 N–H and O–H groups in total. The lowest BCUT2D eigenvalue weighted by Crippen LogP contribution is -2.49. The number of aryl methyl sites for hydroxylation is 2. The second kappa shape index (κ2) is 12.0. The van der Waals surface area contributed by atoms with Crippen molar-refractivity contribution in [2.75, 3.05) is 42.9 Å². The van der Waals surface area contributed by atoms with Gasteiger partial charge < -0.3 is 14.8 Å². The minimum absolute atomic E-state index is 0.000474. The van der Waals surface area contributed by atoms with E-state index >= 15 is 0 Å².